The van der Waals surface area contributed by atoms with Crippen molar-refractivity contribution in [2.24, 2.45) is 0 Å². The molecule has 2 aromatic rings. The van der Waals surface area contributed by atoms with Crippen molar-refractivity contribution >= 4 is 34.8 Å². The zero-order valence-corrected chi connectivity index (χ0v) is 19.1. The number of nitrogens with zero attached hydrogens (tertiary/aromatic N) is 3. The van der Waals surface area contributed by atoms with Crippen LogP contribution in [0.1, 0.15) is 33.3 Å². The number of nitrogens with one attached hydrogen (secondary N) is 1. The van der Waals surface area contributed by atoms with Gasteiger partial charge < -0.3 is 15.2 Å². The van der Waals surface area contributed by atoms with Gasteiger partial charge in [-0.3, -0.25) is 14.3 Å². The highest BCUT2D eigenvalue weighted by molar-refractivity contribution is 7.07. The Morgan fingerprint density at radius 1 is 1.32 bits per heavy atom. The molecule has 9 heteroatoms. The minimum Gasteiger partial charge on any atom is -0.508 e. The van der Waals surface area contributed by atoms with Gasteiger partial charge in [0.1, 0.15) is 21.0 Å². The number of aromatic hydroxyl groups is 1. The number of nitriles is 1. The lowest BCUT2D eigenvalue weighted by atomic mass is 10.1. The van der Waals surface area contributed by atoms with E-state index in [1.807, 2.05) is 12.1 Å². The molecule has 1 aromatic carbocycles. The van der Waals surface area contributed by atoms with E-state index < -0.39 is 5.97 Å². The maximum atomic E-state index is 12.8. The third-order valence-electron chi connectivity index (χ3n) is 4.77. The van der Waals surface area contributed by atoms with Gasteiger partial charge in [-0.25, -0.2) is 4.79 Å². The average molecular weight is 445 g/mol. The monoisotopic (exact) mass is 444 g/mol. The first-order valence-corrected chi connectivity index (χ1v) is 11.0. The first-order chi connectivity index (χ1) is 14.9. The zero-order valence-electron chi connectivity index (χ0n) is 18.3. The summed E-state index contributed by atoms with van der Waals surface area (Å²) in [6.45, 7) is 10.4. The third-order valence-corrected chi connectivity index (χ3v) is 5.90. The summed E-state index contributed by atoms with van der Waals surface area (Å²) in [6, 6.07) is 7.03. The predicted molar refractivity (Wildman–Crippen MR) is 122 cm³/mol. The summed E-state index contributed by atoms with van der Waals surface area (Å²) in [7, 11) is 0. The standard InChI is InChI=1S/C22H28N4O4S/c1-5-25(6-2)14-15-11-16(9-10-18(15)27)24-13-19-20(28)26(7-3)21(31-19)17(12-23)22(29)30-8-4/h9-11,13,24,27H,5-8,14H2,1-4H3. The first kappa shape index (κ1) is 24.2. The van der Waals surface area contributed by atoms with Gasteiger partial charge in [0.25, 0.3) is 5.56 Å². The minimum absolute atomic E-state index is 0.142. The Bertz CT molecular complexity index is 1140. The van der Waals surface area contributed by atoms with E-state index in [0.717, 1.165) is 30.0 Å². The number of carbonyl (C=O) groups excluding carboxylic acids is 1. The molecule has 0 aliphatic heterocycles. The van der Waals surface area contributed by atoms with Crippen molar-refractivity contribution in [3.8, 4) is 11.8 Å². The molecule has 0 saturated carbocycles. The van der Waals surface area contributed by atoms with Gasteiger partial charge in [0.05, 0.1) is 6.61 Å². The number of benzene rings is 1. The molecule has 1 aromatic heterocycles. The average Bonchev–Trinajstić information content (AvgIpc) is 3.07. The summed E-state index contributed by atoms with van der Waals surface area (Å²) in [4.78, 5) is 27.1. The molecule has 1 heterocycles. The van der Waals surface area contributed by atoms with Crippen LogP contribution < -0.4 is 20.1 Å². The minimum atomic E-state index is -0.743. The van der Waals surface area contributed by atoms with Crippen molar-refractivity contribution in [1.29, 1.82) is 5.26 Å². The quantitative estimate of drug-likeness (QED) is 0.446. The van der Waals surface area contributed by atoms with Crippen molar-refractivity contribution in [3.05, 3.63) is 43.3 Å². The normalized spacial score (nSPS) is 12.6. The Morgan fingerprint density at radius 3 is 2.61 bits per heavy atom. The molecular formula is C22H28N4O4S. The summed E-state index contributed by atoms with van der Waals surface area (Å²) in [5.74, 6) is -0.528. The second-order valence-corrected chi connectivity index (χ2v) is 7.65. The summed E-state index contributed by atoms with van der Waals surface area (Å²) in [5, 5.41) is 22.7. The summed E-state index contributed by atoms with van der Waals surface area (Å²) >= 11 is 1.06. The molecule has 0 unspecified atom stereocenters. The number of phenols is 1. The molecule has 0 spiro atoms. The maximum absolute atomic E-state index is 12.8. The van der Waals surface area contributed by atoms with Crippen LogP contribution in [-0.4, -0.2) is 40.2 Å². The highest BCUT2D eigenvalue weighted by atomic mass is 32.1. The lowest BCUT2D eigenvalue weighted by molar-refractivity contribution is -0.136. The molecule has 31 heavy (non-hydrogen) atoms. The fraction of sp³-hybridized carbons (Fsp3) is 0.409. The van der Waals surface area contributed by atoms with Crippen LogP contribution in [0.5, 0.6) is 5.75 Å². The Hall–Kier alpha value is -3.09. The number of ether oxygens (including phenoxy) is 1. The Kier molecular flexibility index (Phi) is 8.85. The van der Waals surface area contributed by atoms with Gasteiger partial charge in [-0.2, -0.15) is 5.26 Å². The number of hydrogen-bond acceptors (Lipinski definition) is 8. The van der Waals surface area contributed by atoms with E-state index in [2.05, 4.69) is 24.1 Å². The van der Waals surface area contributed by atoms with E-state index in [0.29, 0.717) is 23.3 Å². The number of thiazole rings is 1. The molecular weight excluding hydrogens is 416 g/mol. The van der Waals surface area contributed by atoms with Crippen molar-refractivity contribution in [3.63, 3.8) is 0 Å². The summed E-state index contributed by atoms with van der Waals surface area (Å²) in [6.07, 6.45) is 1.55. The summed E-state index contributed by atoms with van der Waals surface area (Å²) < 4.78 is 6.95. The molecule has 166 valence electrons. The van der Waals surface area contributed by atoms with Crippen LogP contribution in [-0.2, 0) is 22.6 Å². The van der Waals surface area contributed by atoms with E-state index >= 15 is 0 Å². The lowest BCUT2D eigenvalue weighted by Crippen LogP contribution is -2.32. The van der Waals surface area contributed by atoms with Crippen LogP contribution in [0.3, 0.4) is 0 Å². The Labute approximate surface area is 185 Å². The molecule has 0 aliphatic carbocycles. The third kappa shape index (κ3) is 5.75. The second kappa shape index (κ2) is 11.3. The van der Waals surface area contributed by atoms with Crippen molar-refractivity contribution < 1.29 is 14.6 Å². The fourth-order valence-electron chi connectivity index (χ4n) is 3.02. The van der Waals surface area contributed by atoms with Gasteiger partial charge in [0, 0.05) is 30.5 Å². The number of esters is 1. The van der Waals surface area contributed by atoms with E-state index in [4.69, 9.17) is 4.74 Å². The lowest BCUT2D eigenvalue weighted by Gasteiger charge is -2.19. The second-order valence-electron chi connectivity index (χ2n) is 6.62. The molecule has 0 radical (unpaired) electrons. The fourth-order valence-corrected chi connectivity index (χ4v) is 4.09. The van der Waals surface area contributed by atoms with Crippen molar-refractivity contribution in [2.75, 3.05) is 25.0 Å². The molecule has 0 fully saturated rings. The maximum Gasteiger partial charge on any atom is 0.351 e. The van der Waals surface area contributed by atoms with Gasteiger partial charge in [-0.15, -0.1) is 11.3 Å². The van der Waals surface area contributed by atoms with Crippen LogP contribution in [0.15, 0.2) is 23.0 Å². The van der Waals surface area contributed by atoms with Crippen LogP contribution in [0.25, 0.3) is 11.8 Å². The Balaban J connectivity index is 2.47. The number of phenolic OH excluding ortho intramolecular Hbond substituents is 1. The van der Waals surface area contributed by atoms with Gasteiger partial charge in [0.15, 0.2) is 5.57 Å². The van der Waals surface area contributed by atoms with E-state index in [1.165, 1.54) is 4.57 Å². The van der Waals surface area contributed by atoms with Crippen molar-refractivity contribution in [2.45, 2.75) is 40.8 Å². The molecule has 0 atom stereocenters. The number of anilines is 1. The molecule has 2 N–H and O–H groups in total. The molecule has 0 saturated heterocycles. The number of aromatic nitrogens is 1. The molecule has 0 bridgehead atoms. The van der Waals surface area contributed by atoms with Crippen molar-refractivity contribution in [1.82, 2.24) is 9.47 Å². The van der Waals surface area contributed by atoms with Crippen LogP contribution in [0, 0.1) is 11.3 Å². The van der Waals surface area contributed by atoms with Gasteiger partial charge >= 0.3 is 5.97 Å². The van der Waals surface area contributed by atoms with Crippen LogP contribution in [0.2, 0.25) is 0 Å². The van der Waals surface area contributed by atoms with Gasteiger partial charge in [-0.1, -0.05) is 13.8 Å². The number of rotatable bonds is 9. The highest BCUT2D eigenvalue weighted by Gasteiger charge is 2.16. The van der Waals surface area contributed by atoms with E-state index in [9.17, 15) is 20.0 Å². The number of carbonyl (C=O) groups is 1. The number of hydrogen-bond donors (Lipinski definition) is 2. The topological polar surface area (TPSA) is 108 Å². The van der Waals surface area contributed by atoms with E-state index in [-0.39, 0.29) is 28.2 Å². The SMILES string of the molecule is CCOC(=O)C(C#N)=c1sc(=CNc2ccc(O)c(CN(CC)CC)c2)c(=O)n1CC. The van der Waals surface area contributed by atoms with Crippen LogP contribution >= 0.6 is 11.3 Å². The Morgan fingerprint density at radius 2 is 2.03 bits per heavy atom. The zero-order chi connectivity index (χ0) is 23.0. The largest absolute Gasteiger partial charge is 0.508 e. The van der Waals surface area contributed by atoms with E-state index in [1.54, 1.807) is 32.2 Å². The first-order valence-electron chi connectivity index (χ1n) is 10.2. The van der Waals surface area contributed by atoms with Gasteiger partial charge in [0.2, 0.25) is 0 Å². The highest BCUT2D eigenvalue weighted by Crippen LogP contribution is 2.23. The molecule has 0 aliphatic rings. The molecule has 8 nitrogen and oxygen atoms in total. The summed E-state index contributed by atoms with van der Waals surface area (Å²) in [5.41, 5.74) is 1.01. The van der Waals surface area contributed by atoms with Gasteiger partial charge in [-0.05, 0) is 45.1 Å². The molecule has 2 rings (SSSR count). The smallest absolute Gasteiger partial charge is 0.351 e. The predicted octanol–water partition coefficient (Wildman–Crippen LogP) is 1.56. The van der Waals surface area contributed by atoms with Crippen LogP contribution in [0.4, 0.5) is 5.69 Å². The molecule has 0 amide bonds.